The van der Waals surface area contributed by atoms with Crippen LogP contribution in [0.5, 0.6) is 0 Å². The Morgan fingerprint density at radius 2 is 2.22 bits per heavy atom. The molecule has 0 heterocycles. The summed E-state index contributed by atoms with van der Waals surface area (Å²) in [5.41, 5.74) is 6.58. The lowest BCUT2D eigenvalue weighted by molar-refractivity contribution is 0.0698. The van der Waals surface area contributed by atoms with Gasteiger partial charge in [0.15, 0.2) is 0 Å². The van der Waals surface area contributed by atoms with Crippen LogP contribution in [0.2, 0.25) is 5.02 Å². The minimum atomic E-state index is -1.02. The second kappa shape index (κ2) is 5.06. The molecule has 4 N–H and O–H groups in total. The van der Waals surface area contributed by atoms with E-state index in [1.165, 1.54) is 25.3 Å². The molecule has 1 aromatic carbocycles. The van der Waals surface area contributed by atoms with Crippen LogP contribution >= 0.6 is 11.6 Å². The third-order valence-electron chi connectivity index (χ3n) is 3.57. The molecular formula is C13H17ClN2O2. The normalized spacial score (nSPS) is 17.0. The first kappa shape index (κ1) is 13.0. The van der Waals surface area contributed by atoms with Crippen LogP contribution in [0.15, 0.2) is 12.1 Å². The standard InChI is InChI=1S/C13H17ClN2O2/c1-7(8-3-2-4-8)16-12-10(13(17)18)5-9(15)6-11(12)14/h5-8,16H,2-4,15H2,1H3,(H,17,18). The van der Waals surface area contributed by atoms with Gasteiger partial charge in [0.05, 0.1) is 16.3 Å². The van der Waals surface area contributed by atoms with Gasteiger partial charge in [-0.3, -0.25) is 0 Å². The van der Waals surface area contributed by atoms with Gasteiger partial charge in [-0.1, -0.05) is 18.0 Å². The first-order valence-electron chi connectivity index (χ1n) is 6.08. The van der Waals surface area contributed by atoms with E-state index in [4.69, 9.17) is 17.3 Å². The molecule has 1 aliphatic carbocycles. The molecule has 1 unspecified atom stereocenters. The zero-order valence-corrected chi connectivity index (χ0v) is 11.0. The summed E-state index contributed by atoms with van der Waals surface area (Å²) < 4.78 is 0. The van der Waals surface area contributed by atoms with Crippen LogP contribution in [0.1, 0.15) is 36.5 Å². The van der Waals surface area contributed by atoms with E-state index in [1.807, 2.05) is 0 Å². The Morgan fingerprint density at radius 1 is 1.56 bits per heavy atom. The first-order chi connectivity index (χ1) is 8.49. The smallest absolute Gasteiger partial charge is 0.337 e. The molecule has 2 rings (SSSR count). The molecule has 1 aliphatic rings. The molecule has 4 nitrogen and oxygen atoms in total. The maximum atomic E-state index is 11.2. The van der Waals surface area contributed by atoms with Crippen molar-refractivity contribution in [1.29, 1.82) is 0 Å². The lowest BCUT2D eigenvalue weighted by Gasteiger charge is -2.33. The highest BCUT2D eigenvalue weighted by atomic mass is 35.5. The summed E-state index contributed by atoms with van der Waals surface area (Å²) in [4.78, 5) is 11.2. The lowest BCUT2D eigenvalue weighted by atomic mass is 9.80. The van der Waals surface area contributed by atoms with Crippen molar-refractivity contribution in [2.75, 3.05) is 11.1 Å². The molecule has 1 atom stereocenters. The maximum absolute atomic E-state index is 11.2. The van der Waals surface area contributed by atoms with Crippen molar-refractivity contribution in [1.82, 2.24) is 0 Å². The molecule has 0 aromatic heterocycles. The second-order valence-electron chi connectivity index (χ2n) is 4.85. The van der Waals surface area contributed by atoms with E-state index in [0.29, 0.717) is 22.3 Å². The van der Waals surface area contributed by atoms with Crippen molar-refractivity contribution < 1.29 is 9.90 Å². The van der Waals surface area contributed by atoms with Gasteiger partial charge in [-0.05, 0) is 37.8 Å². The number of nitrogens with two attached hydrogens (primary N) is 1. The van der Waals surface area contributed by atoms with Crippen molar-refractivity contribution >= 4 is 28.9 Å². The fraction of sp³-hybridized carbons (Fsp3) is 0.462. The highest BCUT2D eigenvalue weighted by Crippen LogP contribution is 2.35. The van der Waals surface area contributed by atoms with Crippen molar-refractivity contribution in [3.05, 3.63) is 22.7 Å². The Bertz CT molecular complexity index is 472. The largest absolute Gasteiger partial charge is 0.478 e. The highest BCUT2D eigenvalue weighted by molar-refractivity contribution is 6.34. The first-order valence-corrected chi connectivity index (χ1v) is 6.45. The Kier molecular flexibility index (Phi) is 3.66. The number of hydrogen-bond donors (Lipinski definition) is 3. The number of halogens is 1. The van der Waals surface area contributed by atoms with Crippen LogP contribution in [-0.2, 0) is 0 Å². The van der Waals surface area contributed by atoms with Crippen molar-refractivity contribution in [3.8, 4) is 0 Å². The van der Waals surface area contributed by atoms with Gasteiger partial charge < -0.3 is 16.2 Å². The molecule has 18 heavy (non-hydrogen) atoms. The van der Waals surface area contributed by atoms with Gasteiger partial charge in [0.2, 0.25) is 0 Å². The molecule has 0 saturated heterocycles. The predicted octanol–water partition coefficient (Wildman–Crippen LogP) is 3.22. The summed E-state index contributed by atoms with van der Waals surface area (Å²) >= 11 is 6.08. The van der Waals surface area contributed by atoms with Gasteiger partial charge in [-0.2, -0.15) is 0 Å². The molecule has 0 amide bonds. The Hall–Kier alpha value is -1.42. The molecule has 0 bridgehead atoms. The highest BCUT2D eigenvalue weighted by Gasteiger charge is 2.25. The van der Waals surface area contributed by atoms with Gasteiger partial charge in [-0.15, -0.1) is 0 Å². The molecular weight excluding hydrogens is 252 g/mol. The van der Waals surface area contributed by atoms with Crippen molar-refractivity contribution in [2.45, 2.75) is 32.2 Å². The zero-order chi connectivity index (χ0) is 13.3. The number of aromatic carboxylic acids is 1. The molecule has 0 radical (unpaired) electrons. The van der Waals surface area contributed by atoms with Crippen LogP contribution < -0.4 is 11.1 Å². The summed E-state index contributed by atoms with van der Waals surface area (Å²) in [5.74, 6) is -0.423. The van der Waals surface area contributed by atoms with Crippen LogP contribution in [-0.4, -0.2) is 17.1 Å². The van der Waals surface area contributed by atoms with Crippen LogP contribution in [0.3, 0.4) is 0 Å². The maximum Gasteiger partial charge on any atom is 0.337 e. The number of benzene rings is 1. The van der Waals surface area contributed by atoms with E-state index in [9.17, 15) is 9.90 Å². The van der Waals surface area contributed by atoms with E-state index in [1.54, 1.807) is 6.07 Å². The van der Waals surface area contributed by atoms with E-state index in [2.05, 4.69) is 12.2 Å². The molecule has 0 spiro atoms. The fourth-order valence-electron chi connectivity index (χ4n) is 2.23. The topological polar surface area (TPSA) is 75.3 Å². The molecule has 1 saturated carbocycles. The summed E-state index contributed by atoms with van der Waals surface area (Å²) in [7, 11) is 0. The van der Waals surface area contributed by atoms with Gasteiger partial charge in [0.25, 0.3) is 0 Å². The minimum absolute atomic E-state index is 0.131. The van der Waals surface area contributed by atoms with Gasteiger partial charge in [0, 0.05) is 11.7 Å². The number of rotatable bonds is 4. The molecule has 1 fully saturated rings. The van der Waals surface area contributed by atoms with E-state index < -0.39 is 5.97 Å². The van der Waals surface area contributed by atoms with Crippen LogP contribution in [0, 0.1) is 5.92 Å². The Labute approximate surface area is 111 Å². The fourth-order valence-corrected chi connectivity index (χ4v) is 2.51. The third kappa shape index (κ3) is 2.53. The summed E-state index contributed by atoms with van der Waals surface area (Å²) in [6, 6.07) is 3.23. The summed E-state index contributed by atoms with van der Waals surface area (Å²) in [6.07, 6.45) is 3.62. The zero-order valence-electron chi connectivity index (χ0n) is 10.2. The number of carboxylic acids is 1. The van der Waals surface area contributed by atoms with Gasteiger partial charge in [0.1, 0.15) is 0 Å². The summed E-state index contributed by atoms with van der Waals surface area (Å²) in [6.45, 7) is 2.06. The number of nitrogen functional groups attached to an aromatic ring is 1. The van der Waals surface area contributed by atoms with Gasteiger partial charge in [-0.25, -0.2) is 4.79 Å². The number of anilines is 2. The van der Waals surface area contributed by atoms with Crippen LogP contribution in [0.4, 0.5) is 11.4 Å². The number of carbonyl (C=O) groups is 1. The molecule has 1 aromatic rings. The average molecular weight is 269 g/mol. The monoisotopic (exact) mass is 268 g/mol. The van der Waals surface area contributed by atoms with Crippen molar-refractivity contribution in [2.24, 2.45) is 5.92 Å². The lowest BCUT2D eigenvalue weighted by Crippen LogP contribution is -2.31. The second-order valence-corrected chi connectivity index (χ2v) is 5.26. The van der Waals surface area contributed by atoms with Crippen molar-refractivity contribution in [3.63, 3.8) is 0 Å². The SMILES string of the molecule is CC(Nc1c(Cl)cc(N)cc1C(=O)O)C1CCC1. The molecule has 98 valence electrons. The summed E-state index contributed by atoms with van der Waals surface area (Å²) in [5, 5.41) is 12.8. The average Bonchev–Trinajstić information content (AvgIpc) is 2.18. The molecule has 5 heteroatoms. The Morgan fingerprint density at radius 3 is 2.72 bits per heavy atom. The number of nitrogens with one attached hydrogen (secondary N) is 1. The van der Waals surface area contributed by atoms with E-state index in [0.717, 1.165) is 0 Å². The number of hydrogen-bond acceptors (Lipinski definition) is 3. The Balaban J connectivity index is 2.27. The molecule has 0 aliphatic heterocycles. The third-order valence-corrected chi connectivity index (χ3v) is 3.87. The quantitative estimate of drug-likeness (QED) is 0.733. The van der Waals surface area contributed by atoms with E-state index in [-0.39, 0.29) is 11.6 Å². The number of carboxylic acid groups (broad SMARTS) is 1. The van der Waals surface area contributed by atoms with Crippen LogP contribution in [0.25, 0.3) is 0 Å². The van der Waals surface area contributed by atoms with E-state index >= 15 is 0 Å². The minimum Gasteiger partial charge on any atom is -0.478 e. The van der Waals surface area contributed by atoms with Gasteiger partial charge >= 0.3 is 5.97 Å². The predicted molar refractivity (Wildman–Crippen MR) is 73.2 cm³/mol.